The quantitative estimate of drug-likeness (QED) is 0.575. The molecule has 1 aromatic heterocycles. The molecule has 142 valence electrons. The Bertz CT molecular complexity index is 987. The number of ether oxygens (including phenoxy) is 1. The maximum Gasteiger partial charge on any atom is 0.368 e. The van der Waals surface area contributed by atoms with Crippen molar-refractivity contribution in [2.75, 3.05) is 5.75 Å². The van der Waals surface area contributed by atoms with Crippen LogP contribution in [0.5, 0.6) is 5.75 Å². The molecule has 0 aliphatic heterocycles. The van der Waals surface area contributed by atoms with E-state index in [0.29, 0.717) is 11.3 Å². The Labute approximate surface area is 158 Å². The van der Waals surface area contributed by atoms with Crippen LogP contribution in [-0.4, -0.2) is 25.5 Å². The predicted molar refractivity (Wildman–Crippen MR) is 98.7 cm³/mol. The van der Waals surface area contributed by atoms with E-state index in [1.165, 1.54) is 23.9 Å². The molecule has 0 N–H and O–H groups in total. The van der Waals surface area contributed by atoms with Gasteiger partial charge in [-0.05, 0) is 40.4 Å². The van der Waals surface area contributed by atoms with Crippen molar-refractivity contribution < 1.29 is 13.5 Å². The molecule has 2 aromatic carbocycles. The lowest BCUT2D eigenvalue weighted by atomic mass is 10.1. The topological polar surface area (TPSA) is 61.9 Å². The Hall–Kier alpha value is -2.68. The predicted octanol–water partition coefficient (Wildman–Crippen LogP) is 3.59. The van der Waals surface area contributed by atoms with Crippen molar-refractivity contribution in [3.8, 4) is 11.4 Å². The zero-order chi connectivity index (χ0) is 19.4. The number of alkyl halides is 2. The maximum absolute atomic E-state index is 13.2. The Morgan fingerprint density at radius 3 is 2.59 bits per heavy atom. The number of thioether (sulfide) groups is 1. The van der Waals surface area contributed by atoms with Crippen LogP contribution in [0, 0.1) is 0 Å². The lowest BCUT2D eigenvalue weighted by Crippen LogP contribution is -2.23. The molecule has 9 heteroatoms. The molecule has 0 unspecified atom stereocenters. The minimum atomic E-state index is -2.64. The molecule has 1 heterocycles. The van der Waals surface area contributed by atoms with Crippen LogP contribution in [0.25, 0.3) is 5.69 Å². The van der Waals surface area contributed by atoms with Crippen LogP contribution >= 0.6 is 11.8 Å². The fraction of sp³-hybridized carbons (Fsp3) is 0.278. The summed E-state index contributed by atoms with van der Waals surface area (Å²) in [5, 5.41) is 7.62. The first-order valence-corrected chi connectivity index (χ1v) is 9.25. The highest BCUT2D eigenvalue weighted by Gasteiger charge is 2.18. The average molecular weight is 392 g/mol. The third-order valence-corrected chi connectivity index (χ3v) is 4.87. The summed E-state index contributed by atoms with van der Waals surface area (Å²) in [5.74, 6) is 0.917. The van der Waals surface area contributed by atoms with E-state index in [1.807, 2.05) is 19.1 Å². The summed E-state index contributed by atoms with van der Waals surface area (Å²) in [6, 6.07) is 11.5. The normalized spacial score (nSPS) is 11.1. The van der Waals surface area contributed by atoms with Gasteiger partial charge in [0.1, 0.15) is 12.4 Å². The summed E-state index contributed by atoms with van der Waals surface area (Å²) >= 11 is 1.57. The number of aryl methyl sites for hydroxylation is 1. The Kier molecular flexibility index (Phi) is 5.90. The summed E-state index contributed by atoms with van der Waals surface area (Å²) in [6.45, 7) is 2.02. The monoisotopic (exact) mass is 392 g/mol. The van der Waals surface area contributed by atoms with E-state index in [9.17, 15) is 13.6 Å². The minimum absolute atomic E-state index is 0.0191. The van der Waals surface area contributed by atoms with Gasteiger partial charge in [-0.25, -0.2) is 13.6 Å². The summed E-state index contributed by atoms with van der Waals surface area (Å²) in [5.41, 5.74) is 0.635. The number of para-hydroxylation sites is 1. The number of aromatic nitrogens is 4. The fourth-order valence-electron chi connectivity index (χ4n) is 2.60. The summed E-state index contributed by atoms with van der Waals surface area (Å²) in [6.07, 6.45) is -2.64. The third kappa shape index (κ3) is 4.02. The number of nitrogens with zero attached hydrogens (tertiary/aromatic N) is 4. The largest absolute Gasteiger partial charge is 0.488 e. The number of hydrogen-bond acceptors (Lipinski definition) is 5. The van der Waals surface area contributed by atoms with E-state index >= 15 is 0 Å². The van der Waals surface area contributed by atoms with Crippen LogP contribution in [0.2, 0.25) is 0 Å². The Balaban J connectivity index is 2.01. The standard InChI is InChI=1S/C18H18F2N4O2S/c1-3-27-16-10-6-8-14(24-18(25)23(2)21-22-24)13(16)11-26-15-9-5-4-7-12(15)17(19)20/h4-10,17H,3,11H2,1-2H3. The van der Waals surface area contributed by atoms with Crippen LogP contribution in [-0.2, 0) is 13.7 Å². The molecule has 0 aliphatic rings. The number of halogens is 2. The summed E-state index contributed by atoms with van der Waals surface area (Å²) < 4.78 is 34.4. The minimum Gasteiger partial charge on any atom is -0.488 e. The molecular weight excluding hydrogens is 374 g/mol. The van der Waals surface area contributed by atoms with Gasteiger partial charge < -0.3 is 4.74 Å². The highest BCUT2D eigenvalue weighted by molar-refractivity contribution is 7.99. The van der Waals surface area contributed by atoms with Crippen molar-refractivity contribution in [3.05, 3.63) is 64.1 Å². The van der Waals surface area contributed by atoms with Crippen molar-refractivity contribution >= 4 is 11.8 Å². The molecule has 0 radical (unpaired) electrons. The van der Waals surface area contributed by atoms with E-state index in [4.69, 9.17) is 4.74 Å². The SMILES string of the molecule is CCSc1cccc(-n2nnn(C)c2=O)c1COc1ccccc1C(F)F. The molecule has 0 amide bonds. The average Bonchev–Trinajstić information content (AvgIpc) is 2.99. The van der Waals surface area contributed by atoms with Crippen LogP contribution in [0.1, 0.15) is 24.5 Å². The first-order chi connectivity index (χ1) is 13.0. The molecule has 0 saturated carbocycles. The van der Waals surface area contributed by atoms with E-state index in [2.05, 4.69) is 10.4 Å². The molecule has 0 aliphatic carbocycles. The van der Waals surface area contributed by atoms with Gasteiger partial charge in [0.15, 0.2) is 0 Å². The molecule has 0 bridgehead atoms. The van der Waals surface area contributed by atoms with E-state index in [0.717, 1.165) is 15.3 Å². The van der Waals surface area contributed by atoms with Gasteiger partial charge in [0.05, 0.1) is 11.3 Å². The number of benzene rings is 2. The van der Waals surface area contributed by atoms with Crippen LogP contribution in [0.4, 0.5) is 8.78 Å². The molecule has 6 nitrogen and oxygen atoms in total. The molecule has 0 saturated heterocycles. The number of rotatable bonds is 7. The zero-order valence-electron chi connectivity index (χ0n) is 14.8. The molecular formula is C18H18F2N4O2S. The van der Waals surface area contributed by atoms with Gasteiger partial charge in [0.25, 0.3) is 6.43 Å². The van der Waals surface area contributed by atoms with E-state index < -0.39 is 12.1 Å². The number of tetrazole rings is 1. The molecule has 3 rings (SSSR count). The molecule has 0 spiro atoms. The van der Waals surface area contributed by atoms with Crippen molar-refractivity contribution in [2.45, 2.75) is 24.9 Å². The molecule has 0 fully saturated rings. The fourth-order valence-corrected chi connectivity index (χ4v) is 3.42. The first-order valence-electron chi connectivity index (χ1n) is 8.26. The molecule has 3 aromatic rings. The van der Waals surface area contributed by atoms with Crippen molar-refractivity contribution in [1.82, 2.24) is 19.8 Å². The number of hydrogen-bond donors (Lipinski definition) is 0. The maximum atomic E-state index is 13.2. The highest BCUT2D eigenvalue weighted by Crippen LogP contribution is 2.32. The highest BCUT2D eigenvalue weighted by atomic mass is 32.2. The van der Waals surface area contributed by atoms with Crippen LogP contribution in [0.15, 0.2) is 52.2 Å². The van der Waals surface area contributed by atoms with Crippen molar-refractivity contribution in [3.63, 3.8) is 0 Å². The van der Waals surface area contributed by atoms with Gasteiger partial charge in [-0.2, -0.15) is 9.36 Å². The van der Waals surface area contributed by atoms with E-state index in [1.54, 1.807) is 30.0 Å². The molecule has 0 atom stereocenters. The second kappa shape index (κ2) is 8.34. The Morgan fingerprint density at radius 2 is 1.93 bits per heavy atom. The lowest BCUT2D eigenvalue weighted by molar-refractivity contribution is 0.144. The van der Waals surface area contributed by atoms with Gasteiger partial charge in [0, 0.05) is 17.5 Å². The molecule has 27 heavy (non-hydrogen) atoms. The smallest absolute Gasteiger partial charge is 0.368 e. The zero-order valence-corrected chi connectivity index (χ0v) is 15.6. The second-order valence-corrected chi connectivity index (χ2v) is 6.92. The van der Waals surface area contributed by atoms with Crippen LogP contribution < -0.4 is 10.4 Å². The van der Waals surface area contributed by atoms with Crippen molar-refractivity contribution in [2.24, 2.45) is 7.05 Å². The first kappa shape index (κ1) is 19.1. The Morgan fingerprint density at radius 1 is 1.15 bits per heavy atom. The van der Waals surface area contributed by atoms with Crippen molar-refractivity contribution in [1.29, 1.82) is 0 Å². The third-order valence-electron chi connectivity index (χ3n) is 3.88. The van der Waals surface area contributed by atoms with E-state index in [-0.39, 0.29) is 17.9 Å². The van der Waals surface area contributed by atoms with Gasteiger partial charge in [0.2, 0.25) is 0 Å². The summed E-state index contributed by atoms with van der Waals surface area (Å²) in [7, 11) is 1.51. The second-order valence-electron chi connectivity index (χ2n) is 5.61. The van der Waals surface area contributed by atoms with Gasteiger partial charge in [-0.3, -0.25) is 0 Å². The van der Waals surface area contributed by atoms with Gasteiger partial charge in [-0.15, -0.1) is 11.8 Å². The lowest BCUT2D eigenvalue weighted by Gasteiger charge is -2.16. The summed E-state index contributed by atoms with van der Waals surface area (Å²) in [4.78, 5) is 13.2. The van der Waals surface area contributed by atoms with Gasteiger partial charge >= 0.3 is 5.69 Å². The van der Waals surface area contributed by atoms with Crippen LogP contribution in [0.3, 0.4) is 0 Å². The van der Waals surface area contributed by atoms with Gasteiger partial charge in [-0.1, -0.05) is 25.1 Å².